The summed E-state index contributed by atoms with van der Waals surface area (Å²) in [5.74, 6) is 1.82. The van der Waals surface area contributed by atoms with E-state index in [1.165, 1.54) is 0 Å². The molecule has 0 aliphatic rings. The molecule has 0 bridgehead atoms. The molecule has 0 heterocycles. The monoisotopic (exact) mass is 237 g/mol. The van der Waals surface area contributed by atoms with Crippen LogP contribution in [0.25, 0.3) is 0 Å². The molecule has 0 spiro atoms. The fourth-order valence-electron chi connectivity index (χ4n) is 1.99. The molecule has 1 N–H and O–H groups in total. The van der Waals surface area contributed by atoms with E-state index in [1.807, 2.05) is 18.2 Å². The number of hydrogen-bond acceptors (Lipinski definition) is 3. The third-order valence-electron chi connectivity index (χ3n) is 2.91. The lowest BCUT2D eigenvalue weighted by Crippen LogP contribution is -2.26. The minimum Gasteiger partial charge on any atom is -0.496 e. The van der Waals surface area contributed by atoms with Gasteiger partial charge in [0.05, 0.1) is 14.2 Å². The van der Waals surface area contributed by atoms with Crippen molar-refractivity contribution >= 4 is 0 Å². The molecule has 1 rings (SSSR count). The van der Waals surface area contributed by atoms with Gasteiger partial charge in [0.15, 0.2) is 0 Å². The van der Waals surface area contributed by atoms with Gasteiger partial charge >= 0.3 is 0 Å². The van der Waals surface area contributed by atoms with Crippen molar-refractivity contribution in [3.8, 4) is 11.5 Å². The number of nitrogens with one attached hydrogen (secondary N) is 1. The van der Waals surface area contributed by atoms with Crippen molar-refractivity contribution in [2.45, 2.75) is 32.7 Å². The van der Waals surface area contributed by atoms with Crippen LogP contribution in [-0.4, -0.2) is 26.8 Å². The van der Waals surface area contributed by atoms with E-state index in [2.05, 4.69) is 19.2 Å². The fourth-order valence-corrected chi connectivity index (χ4v) is 1.99. The van der Waals surface area contributed by atoms with Gasteiger partial charge in [0.1, 0.15) is 11.5 Å². The van der Waals surface area contributed by atoms with Gasteiger partial charge in [-0.15, -0.1) is 0 Å². The number of benzene rings is 1. The van der Waals surface area contributed by atoms with E-state index in [0.717, 1.165) is 36.4 Å². The first kappa shape index (κ1) is 13.8. The van der Waals surface area contributed by atoms with E-state index in [9.17, 15) is 0 Å². The molecular formula is C14H23NO2. The third kappa shape index (κ3) is 3.93. The van der Waals surface area contributed by atoms with Crippen molar-refractivity contribution in [2.24, 2.45) is 0 Å². The summed E-state index contributed by atoms with van der Waals surface area (Å²) in [5, 5.41) is 3.41. The van der Waals surface area contributed by atoms with Crippen LogP contribution in [0.3, 0.4) is 0 Å². The van der Waals surface area contributed by atoms with Crippen LogP contribution in [0.5, 0.6) is 11.5 Å². The summed E-state index contributed by atoms with van der Waals surface area (Å²) in [7, 11) is 3.40. The van der Waals surface area contributed by atoms with Crippen LogP contribution in [0, 0.1) is 0 Å². The van der Waals surface area contributed by atoms with Gasteiger partial charge in [-0.25, -0.2) is 0 Å². The molecule has 3 heteroatoms. The molecule has 0 aliphatic heterocycles. The lowest BCUT2D eigenvalue weighted by molar-refractivity contribution is 0.382. The summed E-state index contributed by atoms with van der Waals surface area (Å²) in [5.41, 5.74) is 1.15. The molecule has 0 amide bonds. The van der Waals surface area contributed by atoms with Gasteiger partial charge in [0.2, 0.25) is 0 Å². The summed E-state index contributed by atoms with van der Waals surface area (Å²) in [6, 6.07) is 6.43. The highest BCUT2D eigenvalue weighted by Crippen LogP contribution is 2.29. The van der Waals surface area contributed by atoms with Gasteiger partial charge in [0.25, 0.3) is 0 Å². The zero-order chi connectivity index (χ0) is 12.7. The van der Waals surface area contributed by atoms with Crippen LogP contribution in [-0.2, 0) is 6.42 Å². The molecule has 0 radical (unpaired) electrons. The van der Waals surface area contributed by atoms with E-state index < -0.39 is 0 Å². The van der Waals surface area contributed by atoms with Gasteiger partial charge in [0, 0.05) is 11.6 Å². The number of methoxy groups -OCH3 is 2. The summed E-state index contributed by atoms with van der Waals surface area (Å²) in [4.78, 5) is 0. The molecule has 96 valence electrons. The summed E-state index contributed by atoms with van der Waals surface area (Å²) >= 11 is 0. The van der Waals surface area contributed by atoms with Crippen LogP contribution in [0.2, 0.25) is 0 Å². The highest BCUT2D eigenvalue weighted by Gasteiger charge is 2.10. The van der Waals surface area contributed by atoms with Crippen molar-refractivity contribution in [3.63, 3.8) is 0 Å². The molecule has 1 unspecified atom stereocenters. The molecule has 0 fully saturated rings. The van der Waals surface area contributed by atoms with Gasteiger partial charge in [-0.3, -0.25) is 0 Å². The summed E-state index contributed by atoms with van der Waals surface area (Å²) in [6.07, 6.45) is 2.03. The molecule has 3 nitrogen and oxygen atoms in total. The number of hydrogen-bond donors (Lipinski definition) is 1. The Morgan fingerprint density at radius 2 is 1.76 bits per heavy atom. The van der Waals surface area contributed by atoms with Crippen molar-refractivity contribution < 1.29 is 9.47 Å². The number of rotatable bonds is 7. The van der Waals surface area contributed by atoms with E-state index >= 15 is 0 Å². The maximum Gasteiger partial charge on any atom is 0.125 e. The molecule has 0 aliphatic carbocycles. The van der Waals surface area contributed by atoms with Gasteiger partial charge < -0.3 is 14.8 Å². The summed E-state index contributed by atoms with van der Waals surface area (Å²) < 4.78 is 10.8. The second-order valence-corrected chi connectivity index (χ2v) is 4.14. The lowest BCUT2D eigenvalue weighted by Gasteiger charge is -2.16. The average Bonchev–Trinajstić information content (AvgIpc) is 2.36. The predicted octanol–water partition coefficient (Wildman–Crippen LogP) is 2.63. The number of ether oxygens (including phenoxy) is 2. The van der Waals surface area contributed by atoms with Crippen LogP contribution in [0.4, 0.5) is 0 Å². The second kappa shape index (κ2) is 7.17. The standard InChI is InChI=1S/C14H23NO2/c1-5-15-11(2)9-10-12-13(16-3)7-6-8-14(12)17-4/h6-8,11,15H,5,9-10H2,1-4H3. The highest BCUT2D eigenvalue weighted by molar-refractivity contribution is 5.44. The first-order valence-electron chi connectivity index (χ1n) is 6.16. The van der Waals surface area contributed by atoms with Crippen molar-refractivity contribution in [3.05, 3.63) is 23.8 Å². The molecule has 17 heavy (non-hydrogen) atoms. The Morgan fingerprint density at radius 1 is 1.18 bits per heavy atom. The first-order valence-corrected chi connectivity index (χ1v) is 6.16. The molecule has 0 saturated heterocycles. The zero-order valence-corrected chi connectivity index (χ0v) is 11.2. The Hall–Kier alpha value is -1.22. The maximum atomic E-state index is 5.38. The highest BCUT2D eigenvalue weighted by atomic mass is 16.5. The topological polar surface area (TPSA) is 30.5 Å². The third-order valence-corrected chi connectivity index (χ3v) is 2.91. The van der Waals surface area contributed by atoms with Gasteiger partial charge in [-0.05, 0) is 38.4 Å². The molecule has 1 atom stereocenters. The van der Waals surface area contributed by atoms with Crippen LogP contribution >= 0.6 is 0 Å². The summed E-state index contributed by atoms with van der Waals surface area (Å²) in [6.45, 7) is 5.33. The normalized spacial score (nSPS) is 12.2. The molecule has 1 aromatic carbocycles. The van der Waals surface area contributed by atoms with Crippen LogP contribution in [0.1, 0.15) is 25.8 Å². The van der Waals surface area contributed by atoms with Crippen molar-refractivity contribution in [2.75, 3.05) is 20.8 Å². The van der Waals surface area contributed by atoms with Gasteiger partial charge in [-0.1, -0.05) is 13.0 Å². The molecule has 1 aromatic rings. The smallest absolute Gasteiger partial charge is 0.125 e. The Bertz CT molecular complexity index is 317. The zero-order valence-electron chi connectivity index (χ0n) is 11.2. The fraction of sp³-hybridized carbons (Fsp3) is 0.571. The van der Waals surface area contributed by atoms with E-state index in [4.69, 9.17) is 9.47 Å². The van der Waals surface area contributed by atoms with E-state index in [1.54, 1.807) is 14.2 Å². The van der Waals surface area contributed by atoms with Gasteiger partial charge in [-0.2, -0.15) is 0 Å². The van der Waals surface area contributed by atoms with Crippen LogP contribution in [0.15, 0.2) is 18.2 Å². The predicted molar refractivity (Wildman–Crippen MR) is 71.0 cm³/mol. The van der Waals surface area contributed by atoms with Crippen molar-refractivity contribution in [1.82, 2.24) is 5.32 Å². The van der Waals surface area contributed by atoms with E-state index in [-0.39, 0.29) is 0 Å². The quantitative estimate of drug-likeness (QED) is 0.791. The Morgan fingerprint density at radius 3 is 2.24 bits per heavy atom. The minimum atomic E-state index is 0.509. The average molecular weight is 237 g/mol. The first-order chi connectivity index (χ1) is 8.22. The SMILES string of the molecule is CCNC(C)CCc1c(OC)cccc1OC. The second-order valence-electron chi connectivity index (χ2n) is 4.14. The van der Waals surface area contributed by atoms with Crippen LogP contribution < -0.4 is 14.8 Å². The maximum absolute atomic E-state index is 5.38. The molecule has 0 aromatic heterocycles. The minimum absolute atomic E-state index is 0.509. The molecule has 0 saturated carbocycles. The largest absolute Gasteiger partial charge is 0.496 e. The molecular weight excluding hydrogens is 214 g/mol. The van der Waals surface area contributed by atoms with E-state index in [0.29, 0.717) is 6.04 Å². The van der Waals surface area contributed by atoms with Crippen molar-refractivity contribution in [1.29, 1.82) is 0 Å². The Labute approximate surface area is 104 Å². The lowest BCUT2D eigenvalue weighted by atomic mass is 10.0. The Balaban J connectivity index is 2.74. The Kier molecular flexibility index (Phi) is 5.84.